The number of phenolic OH excluding ortho intramolecular Hbond substituents is 1. The molecule has 2 heteroatoms. The van der Waals surface area contributed by atoms with Crippen molar-refractivity contribution in [3.63, 3.8) is 0 Å². The van der Waals surface area contributed by atoms with Crippen molar-refractivity contribution in [2.75, 3.05) is 6.54 Å². The maximum atomic E-state index is 9.08. The van der Waals surface area contributed by atoms with Crippen LogP contribution in [0.4, 0.5) is 0 Å². The van der Waals surface area contributed by atoms with Crippen LogP contribution in [-0.4, -0.2) is 17.7 Å². The average Bonchev–Trinajstić information content (AvgIpc) is 2.87. The Morgan fingerprint density at radius 3 is 2.50 bits per heavy atom. The van der Waals surface area contributed by atoms with Crippen molar-refractivity contribution in [2.24, 2.45) is 0 Å². The van der Waals surface area contributed by atoms with Gasteiger partial charge < -0.3 is 10.4 Å². The molecule has 0 amide bonds. The molecular formula is C10H13NO. The normalized spacial score (nSPS) is 23.6. The van der Waals surface area contributed by atoms with Crippen molar-refractivity contribution < 1.29 is 5.11 Å². The summed E-state index contributed by atoms with van der Waals surface area (Å²) in [5.41, 5.74) is 1.29. The summed E-state index contributed by atoms with van der Waals surface area (Å²) in [6.07, 6.45) is 0. The monoisotopic (exact) mass is 163 g/mol. The number of benzene rings is 1. The van der Waals surface area contributed by atoms with Crippen LogP contribution < -0.4 is 5.32 Å². The maximum Gasteiger partial charge on any atom is 0.115 e. The van der Waals surface area contributed by atoms with Gasteiger partial charge in [-0.2, -0.15) is 0 Å². The molecule has 2 nitrogen and oxygen atoms in total. The summed E-state index contributed by atoms with van der Waals surface area (Å²) in [4.78, 5) is 0. The highest BCUT2D eigenvalue weighted by Crippen LogP contribution is 2.25. The van der Waals surface area contributed by atoms with E-state index in [9.17, 15) is 0 Å². The Morgan fingerprint density at radius 2 is 2.00 bits per heavy atom. The summed E-state index contributed by atoms with van der Waals surface area (Å²) < 4.78 is 0. The lowest BCUT2D eigenvalue weighted by molar-refractivity contribution is 0.475. The van der Waals surface area contributed by atoms with Crippen molar-refractivity contribution in [3.8, 4) is 5.75 Å². The maximum absolute atomic E-state index is 9.08. The molecule has 1 aromatic rings. The zero-order chi connectivity index (χ0) is 8.55. The van der Waals surface area contributed by atoms with E-state index in [1.54, 1.807) is 12.1 Å². The number of rotatable bonds is 2. The largest absolute Gasteiger partial charge is 0.508 e. The minimum atomic E-state index is 0.342. The molecular weight excluding hydrogens is 150 g/mol. The molecule has 2 N–H and O–H groups in total. The Kier molecular flexibility index (Phi) is 1.77. The molecule has 1 fully saturated rings. The summed E-state index contributed by atoms with van der Waals surface area (Å²) in [7, 11) is 0. The van der Waals surface area contributed by atoms with Crippen LogP contribution in [0.2, 0.25) is 0 Å². The summed E-state index contributed by atoms with van der Waals surface area (Å²) in [5.74, 6) is 0.903. The lowest BCUT2D eigenvalue weighted by Gasteiger charge is -2.08. The van der Waals surface area contributed by atoms with Crippen molar-refractivity contribution in [2.45, 2.75) is 18.9 Å². The van der Waals surface area contributed by atoms with Gasteiger partial charge in [0.2, 0.25) is 0 Å². The number of hydrogen-bond acceptors (Lipinski definition) is 2. The Labute approximate surface area is 72.2 Å². The van der Waals surface area contributed by atoms with Crippen LogP contribution in [0, 0.1) is 0 Å². The average molecular weight is 163 g/mol. The highest BCUT2D eigenvalue weighted by atomic mass is 16.3. The molecule has 0 radical (unpaired) electrons. The van der Waals surface area contributed by atoms with Crippen molar-refractivity contribution in [3.05, 3.63) is 29.8 Å². The first kappa shape index (κ1) is 7.62. The fourth-order valence-corrected chi connectivity index (χ4v) is 1.43. The Balaban J connectivity index is 2.16. The first-order chi connectivity index (χ1) is 5.77. The van der Waals surface area contributed by atoms with Gasteiger partial charge in [0.05, 0.1) is 0 Å². The van der Waals surface area contributed by atoms with Crippen molar-refractivity contribution in [1.29, 1.82) is 0 Å². The minimum absolute atomic E-state index is 0.342. The van der Waals surface area contributed by atoms with E-state index in [4.69, 9.17) is 5.11 Å². The van der Waals surface area contributed by atoms with Crippen LogP contribution in [0.1, 0.15) is 18.4 Å². The fourth-order valence-electron chi connectivity index (χ4n) is 1.43. The van der Waals surface area contributed by atoms with Gasteiger partial charge in [0.15, 0.2) is 0 Å². The lowest BCUT2D eigenvalue weighted by atomic mass is 9.98. The minimum Gasteiger partial charge on any atom is -0.508 e. The second-order valence-electron chi connectivity index (χ2n) is 3.39. The van der Waals surface area contributed by atoms with Gasteiger partial charge in [0, 0.05) is 12.6 Å². The van der Waals surface area contributed by atoms with E-state index in [-0.39, 0.29) is 0 Å². The SMILES string of the molecule is CC(c1ccc(O)cc1)C1CN1. The zero-order valence-corrected chi connectivity index (χ0v) is 7.12. The van der Waals surface area contributed by atoms with E-state index in [0.717, 1.165) is 6.54 Å². The van der Waals surface area contributed by atoms with E-state index in [1.807, 2.05) is 12.1 Å². The standard InChI is InChI=1S/C10H13NO/c1-7(10-6-11-10)8-2-4-9(12)5-3-8/h2-5,7,10-12H,6H2,1H3. The van der Waals surface area contributed by atoms with E-state index >= 15 is 0 Å². The molecule has 1 heterocycles. The Bertz CT molecular complexity index is 264. The molecule has 0 aromatic heterocycles. The Hall–Kier alpha value is -1.02. The van der Waals surface area contributed by atoms with Gasteiger partial charge in [-0.25, -0.2) is 0 Å². The third-order valence-electron chi connectivity index (χ3n) is 2.46. The molecule has 64 valence electrons. The summed E-state index contributed by atoms with van der Waals surface area (Å²) in [6.45, 7) is 3.33. The van der Waals surface area contributed by atoms with Crippen molar-refractivity contribution in [1.82, 2.24) is 5.32 Å². The smallest absolute Gasteiger partial charge is 0.115 e. The molecule has 2 unspecified atom stereocenters. The second kappa shape index (κ2) is 2.79. The van der Waals surface area contributed by atoms with Gasteiger partial charge in [0.1, 0.15) is 5.75 Å². The van der Waals surface area contributed by atoms with Crippen LogP contribution in [0.3, 0.4) is 0 Å². The van der Waals surface area contributed by atoms with Crippen LogP contribution in [-0.2, 0) is 0 Å². The van der Waals surface area contributed by atoms with E-state index in [1.165, 1.54) is 5.56 Å². The number of hydrogen-bond donors (Lipinski definition) is 2. The van der Waals surface area contributed by atoms with E-state index in [0.29, 0.717) is 17.7 Å². The molecule has 0 saturated carbocycles. The molecule has 1 saturated heterocycles. The van der Waals surface area contributed by atoms with Gasteiger partial charge in [0.25, 0.3) is 0 Å². The second-order valence-corrected chi connectivity index (χ2v) is 3.39. The van der Waals surface area contributed by atoms with Gasteiger partial charge >= 0.3 is 0 Å². The van der Waals surface area contributed by atoms with Gasteiger partial charge in [-0.3, -0.25) is 0 Å². The van der Waals surface area contributed by atoms with Crippen LogP contribution >= 0.6 is 0 Å². The quantitative estimate of drug-likeness (QED) is 0.648. The molecule has 12 heavy (non-hydrogen) atoms. The predicted octanol–water partition coefficient (Wildman–Crippen LogP) is 1.47. The first-order valence-electron chi connectivity index (χ1n) is 4.29. The third kappa shape index (κ3) is 1.43. The van der Waals surface area contributed by atoms with Gasteiger partial charge in [-0.1, -0.05) is 19.1 Å². The van der Waals surface area contributed by atoms with Crippen molar-refractivity contribution >= 4 is 0 Å². The summed E-state index contributed by atoms with van der Waals surface area (Å²) in [5, 5.41) is 12.4. The molecule has 1 aliphatic heterocycles. The highest BCUT2D eigenvalue weighted by Gasteiger charge is 2.27. The summed E-state index contributed by atoms with van der Waals surface area (Å²) >= 11 is 0. The molecule has 0 spiro atoms. The van der Waals surface area contributed by atoms with Gasteiger partial charge in [-0.15, -0.1) is 0 Å². The van der Waals surface area contributed by atoms with E-state index < -0.39 is 0 Å². The zero-order valence-electron chi connectivity index (χ0n) is 7.12. The molecule has 0 aliphatic carbocycles. The first-order valence-corrected chi connectivity index (χ1v) is 4.29. The van der Waals surface area contributed by atoms with Crippen LogP contribution in [0.25, 0.3) is 0 Å². The predicted molar refractivity (Wildman–Crippen MR) is 48.3 cm³/mol. The highest BCUT2D eigenvalue weighted by molar-refractivity contribution is 5.29. The molecule has 1 aromatic carbocycles. The summed E-state index contributed by atoms with van der Waals surface area (Å²) in [6, 6.07) is 8.11. The third-order valence-corrected chi connectivity index (χ3v) is 2.46. The number of nitrogens with one attached hydrogen (secondary N) is 1. The Morgan fingerprint density at radius 1 is 1.42 bits per heavy atom. The van der Waals surface area contributed by atoms with Gasteiger partial charge in [-0.05, 0) is 23.6 Å². The molecule has 2 atom stereocenters. The van der Waals surface area contributed by atoms with Crippen LogP contribution in [0.15, 0.2) is 24.3 Å². The van der Waals surface area contributed by atoms with Crippen LogP contribution in [0.5, 0.6) is 5.75 Å². The molecule has 1 aliphatic rings. The topological polar surface area (TPSA) is 42.2 Å². The lowest BCUT2D eigenvalue weighted by Crippen LogP contribution is -2.03. The molecule has 0 bridgehead atoms. The fraction of sp³-hybridized carbons (Fsp3) is 0.400. The number of phenols is 1. The number of aromatic hydroxyl groups is 1. The van der Waals surface area contributed by atoms with E-state index in [2.05, 4.69) is 12.2 Å². The molecule has 2 rings (SSSR count).